The largest absolute Gasteiger partial charge is 0.354 e. The molecule has 0 aromatic heterocycles. The third-order valence-corrected chi connectivity index (χ3v) is 4.57. The highest BCUT2D eigenvalue weighted by atomic mass is 32.2. The molecule has 1 saturated heterocycles. The van der Waals surface area contributed by atoms with Crippen molar-refractivity contribution in [3.63, 3.8) is 0 Å². The van der Waals surface area contributed by atoms with E-state index in [0.29, 0.717) is 12.0 Å². The van der Waals surface area contributed by atoms with E-state index in [-0.39, 0.29) is 11.5 Å². The number of carbonyl (C=O) groups excluding carboxylic acids is 4. The maximum absolute atomic E-state index is 10.8. The van der Waals surface area contributed by atoms with Crippen LogP contribution in [0.5, 0.6) is 0 Å². The molecule has 0 aliphatic carbocycles. The summed E-state index contributed by atoms with van der Waals surface area (Å²) in [7, 11) is -4.42. The van der Waals surface area contributed by atoms with Crippen LogP contribution < -0.4 is 5.32 Å². The minimum atomic E-state index is -4.42. The average Bonchev–Trinajstić information content (AvgIpc) is 2.71. The number of nitrogens with one attached hydrogen (secondary N) is 1. The van der Waals surface area contributed by atoms with Gasteiger partial charge in [0.25, 0.3) is 21.9 Å². The van der Waals surface area contributed by atoms with Gasteiger partial charge >= 0.3 is 0 Å². The molecule has 2 unspecified atom stereocenters. The van der Waals surface area contributed by atoms with E-state index in [1.165, 1.54) is 6.92 Å². The van der Waals surface area contributed by atoms with Crippen molar-refractivity contribution < 1.29 is 52.0 Å². The molecule has 2 atom stereocenters. The molecule has 0 bridgehead atoms. The van der Waals surface area contributed by atoms with Crippen LogP contribution in [0, 0.1) is 0 Å². The molecule has 0 spiro atoms. The molecule has 1 aliphatic rings. The van der Waals surface area contributed by atoms with Crippen LogP contribution in [-0.2, 0) is 38.7 Å². The van der Waals surface area contributed by atoms with Gasteiger partial charge in [-0.25, -0.2) is 5.26 Å². The van der Waals surface area contributed by atoms with E-state index < -0.39 is 50.7 Å². The first-order valence-electron chi connectivity index (χ1n) is 6.32. The Kier molecular flexibility index (Phi) is 9.72. The normalized spacial score (nSPS) is 18.4. The van der Waals surface area contributed by atoms with Crippen molar-refractivity contribution in [2.75, 3.05) is 6.54 Å². The Balaban J connectivity index is 0.000000462. The zero-order valence-electron chi connectivity index (χ0n) is 12.9. The SMILES string of the molecule is CC(=O)NCC(C(C)=O)S(=O)(=O)O.O=C1CC(SOOO)C(=O)N1O. The Labute approximate surface area is 146 Å². The van der Waals surface area contributed by atoms with Crippen LogP contribution in [0.25, 0.3) is 0 Å². The molecule has 0 aromatic carbocycles. The Hall–Kier alpha value is -1.62. The van der Waals surface area contributed by atoms with Crippen molar-refractivity contribution in [1.29, 1.82) is 0 Å². The van der Waals surface area contributed by atoms with Crippen LogP contribution >= 0.6 is 12.0 Å². The Morgan fingerprint density at radius 1 is 1.40 bits per heavy atom. The third kappa shape index (κ3) is 8.34. The number of carbonyl (C=O) groups is 4. The lowest BCUT2D eigenvalue weighted by Gasteiger charge is -2.09. The van der Waals surface area contributed by atoms with Crippen molar-refractivity contribution in [1.82, 2.24) is 10.4 Å². The second-order valence-electron chi connectivity index (χ2n) is 4.53. The summed E-state index contributed by atoms with van der Waals surface area (Å²) >= 11 is 0.455. The molecule has 144 valence electrons. The Morgan fingerprint density at radius 2 is 1.96 bits per heavy atom. The van der Waals surface area contributed by atoms with E-state index in [9.17, 15) is 27.6 Å². The minimum Gasteiger partial charge on any atom is -0.354 e. The summed E-state index contributed by atoms with van der Waals surface area (Å²) in [5, 5.41) is 19.4. The van der Waals surface area contributed by atoms with Gasteiger partial charge in [0.15, 0.2) is 11.0 Å². The molecular weight excluding hydrogens is 388 g/mol. The molecule has 13 nitrogen and oxygen atoms in total. The molecule has 3 amide bonds. The van der Waals surface area contributed by atoms with Crippen molar-refractivity contribution in [3.8, 4) is 0 Å². The van der Waals surface area contributed by atoms with Gasteiger partial charge < -0.3 is 5.32 Å². The quantitative estimate of drug-likeness (QED) is 0.0962. The number of rotatable bonds is 7. The zero-order chi connectivity index (χ0) is 19.8. The summed E-state index contributed by atoms with van der Waals surface area (Å²) in [4.78, 5) is 42.6. The van der Waals surface area contributed by atoms with Crippen LogP contribution in [0.1, 0.15) is 20.3 Å². The molecule has 1 heterocycles. The molecule has 1 fully saturated rings. The monoisotopic (exact) mass is 404 g/mol. The van der Waals surface area contributed by atoms with Gasteiger partial charge in [0.05, 0.1) is 6.42 Å². The number of nitrogens with zero attached hydrogens (tertiary/aromatic N) is 1. The highest BCUT2D eigenvalue weighted by molar-refractivity contribution is 7.96. The van der Waals surface area contributed by atoms with Crippen LogP contribution in [0.2, 0.25) is 0 Å². The molecular formula is C10H16N2O11S2. The van der Waals surface area contributed by atoms with E-state index in [1.54, 1.807) is 0 Å². The van der Waals surface area contributed by atoms with Gasteiger partial charge in [-0.1, -0.05) is 5.04 Å². The van der Waals surface area contributed by atoms with Gasteiger partial charge in [-0.15, -0.1) is 4.33 Å². The van der Waals surface area contributed by atoms with E-state index in [1.807, 2.05) is 0 Å². The molecule has 0 saturated carbocycles. The Bertz CT molecular complexity index is 620. The minimum absolute atomic E-state index is 0.0123. The predicted molar refractivity (Wildman–Crippen MR) is 79.1 cm³/mol. The van der Waals surface area contributed by atoms with Crippen molar-refractivity contribution in [2.45, 2.75) is 30.8 Å². The van der Waals surface area contributed by atoms with Crippen molar-refractivity contribution in [2.24, 2.45) is 0 Å². The maximum Gasteiger partial charge on any atom is 0.276 e. The van der Waals surface area contributed by atoms with Gasteiger partial charge in [0.1, 0.15) is 5.25 Å². The summed E-state index contributed by atoms with van der Waals surface area (Å²) in [6.45, 7) is 1.81. The number of ketones is 1. The van der Waals surface area contributed by atoms with Gasteiger partial charge in [-0.3, -0.25) is 28.9 Å². The Morgan fingerprint density at radius 3 is 2.28 bits per heavy atom. The molecule has 0 aromatic rings. The molecule has 1 aliphatic heterocycles. The predicted octanol–water partition coefficient (Wildman–Crippen LogP) is -1.46. The fraction of sp³-hybridized carbons (Fsp3) is 0.600. The molecule has 4 N–H and O–H groups in total. The summed E-state index contributed by atoms with van der Waals surface area (Å²) in [6.07, 6.45) is -0.177. The van der Waals surface area contributed by atoms with Crippen LogP contribution in [0.4, 0.5) is 0 Å². The fourth-order valence-corrected chi connectivity index (χ4v) is 2.66. The first-order valence-corrected chi connectivity index (χ1v) is 8.63. The topological polar surface area (TPSA) is 197 Å². The fourth-order valence-electron chi connectivity index (χ4n) is 1.43. The first kappa shape index (κ1) is 23.4. The lowest BCUT2D eigenvalue weighted by atomic mass is 10.3. The van der Waals surface area contributed by atoms with Gasteiger partial charge in [-0.05, 0) is 6.92 Å². The zero-order valence-corrected chi connectivity index (χ0v) is 14.6. The van der Waals surface area contributed by atoms with Crippen molar-refractivity contribution >= 4 is 45.7 Å². The lowest BCUT2D eigenvalue weighted by molar-refractivity contribution is -0.432. The first-order chi connectivity index (χ1) is 11.4. The van der Waals surface area contributed by atoms with Crippen molar-refractivity contribution in [3.05, 3.63) is 0 Å². The van der Waals surface area contributed by atoms with E-state index in [2.05, 4.69) is 14.7 Å². The van der Waals surface area contributed by atoms with Gasteiger partial charge in [0, 0.05) is 25.5 Å². The van der Waals surface area contributed by atoms with Crippen LogP contribution in [-0.4, -0.2) is 69.0 Å². The van der Waals surface area contributed by atoms with Crippen LogP contribution in [0.3, 0.4) is 0 Å². The number of hydroxylamine groups is 2. The maximum atomic E-state index is 10.8. The van der Waals surface area contributed by atoms with E-state index in [0.717, 1.165) is 6.92 Å². The second-order valence-corrected chi connectivity index (χ2v) is 7.02. The summed E-state index contributed by atoms with van der Waals surface area (Å²) in [6, 6.07) is 0. The van der Waals surface area contributed by atoms with Crippen LogP contribution in [0.15, 0.2) is 0 Å². The highest BCUT2D eigenvalue weighted by Crippen LogP contribution is 2.24. The lowest BCUT2D eigenvalue weighted by Crippen LogP contribution is -2.39. The average molecular weight is 404 g/mol. The van der Waals surface area contributed by atoms with Gasteiger partial charge in [-0.2, -0.15) is 13.5 Å². The summed E-state index contributed by atoms with van der Waals surface area (Å²) in [5.41, 5.74) is 0. The summed E-state index contributed by atoms with van der Waals surface area (Å²) in [5.74, 6) is -2.67. The molecule has 0 radical (unpaired) electrons. The van der Waals surface area contributed by atoms with E-state index in [4.69, 9.17) is 15.0 Å². The van der Waals surface area contributed by atoms with E-state index >= 15 is 0 Å². The number of hydrogen-bond acceptors (Lipinski definition) is 11. The molecule has 15 heteroatoms. The number of Topliss-reactive ketones (excluding diaryl/α,β-unsaturated/α-hetero) is 1. The molecule has 1 rings (SSSR count). The highest BCUT2D eigenvalue weighted by Gasteiger charge is 2.39. The third-order valence-electron chi connectivity index (χ3n) is 2.62. The second kappa shape index (κ2) is 10.4. The number of hydrogen-bond donors (Lipinski definition) is 4. The summed E-state index contributed by atoms with van der Waals surface area (Å²) < 4.78 is 33.6. The standard InChI is InChI=1S/C6H11NO5S.C4H5NO6S/c1-4(8)6(13(10,11)12)3-7-5(2)9;6-3-1-2(12-11-10-9)4(7)5(3)8/h6H,3H2,1-2H3,(H,7,9)(H,10,11,12);2,8-9H,1H2. The van der Waals surface area contributed by atoms with Gasteiger partial charge in [0.2, 0.25) is 5.91 Å². The number of amides is 3. The smallest absolute Gasteiger partial charge is 0.276 e. The number of imide groups is 1. The molecule has 25 heavy (non-hydrogen) atoms.